The Labute approximate surface area is 188 Å². The molecule has 1 aromatic carbocycles. The molecule has 0 bridgehead atoms. The molecule has 0 aliphatic carbocycles. The molecule has 0 unspecified atom stereocenters. The number of amides is 1. The van der Waals surface area contributed by atoms with Crippen LogP contribution < -0.4 is 30.2 Å². The number of hydrogen-bond acceptors (Lipinski definition) is 6. The molecule has 0 fully saturated rings. The van der Waals surface area contributed by atoms with Gasteiger partial charge >= 0.3 is 0 Å². The zero-order valence-electron chi connectivity index (χ0n) is 19.0. The molecule has 9 nitrogen and oxygen atoms in total. The second kappa shape index (κ2) is 10.7. The topological polar surface area (TPSA) is 106 Å². The average Bonchev–Trinajstić information content (AvgIpc) is 3.00. The van der Waals surface area contributed by atoms with Crippen molar-refractivity contribution >= 4 is 17.6 Å². The maximum atomic E-state index is 12.3. The Morgan fingerprint density at radius 3 is 2.62 bits per heavy atom. The Morgan fingerprint density at radius 1 is 1.16 bits per heavy atom. The average molecular weight is 442 g/mol. The maximum absolute atomic E-state index is 12.3. The van der Waals surface area contributed by atoms with Crippen LogP contribution in [0.2, 0.25) is 0 Å². The third kappa shape index (κ3) is 7.33. The summed E-state index contributed by atoms with van der Waals surface area (Å²) in [5, 5.41) is 9.25. The molecular weight excluding hydrogens is 410 g/mol. The van der Waals surface area contributed by atoms with Crippen molar-refractivity contribution in [3.05, 3.63) is 42.1 Å². The summed E-state index contributed by atoms with van der Waals surface area (Å²) in [6.07, 6.45) is 2.55. The fourth-order valence-electron chi connectivity index (χ4n) is 2.94. The van der Waals surface area contributed by atoms with Crippen LogP contribution in [0, 0.1) is 0 Å². The van der Waals surface area contributed by atoms with E-state index in [1.54, 1.807) is 19.4 Å². The first-order valence-corrected chi connectivity index (χ1v) is 10.6. The van der Waals surface area contributed by atoms with Crippen molar-refractivity contribution in [1.29, 1.82) is 0 Å². The van der Waals surface area contributed by atoms with Crippen molar-refractivity contribution in [1.82, 2.24) is 15.6 Å². The van der Waals surface area contributed by atoms with E-state index in [0.717, 1.165) is 17.7 Å². The van der Waals surface area contributed by atoms with Gasteiger partial charge in [0.1, 0.15) is 0 Å². The number of methoxy groups -OCH3 is 1. The van der Waals surface area contributed by atoms with Crippen molar-refractivity contribution in [2.24, 2.45) is 4.99 Å². The monoisotopic (exact) mass is 441 g/mol. The SMILES string of the molecule is COc1ccc(CN=C(NCC(=O)NC(C)(C)C)Nc2ccc3c(c2)OCCCO3)cn1. The van der Waals surface area contributed by atoms with E-state index < -0.39 is 0 Å². The lowest BCUT2D eigenvalue weighted by atomic mass is 10.1. The number of carbonyl (C=O) groups excluding carboxylic acids is 1. The van der Waals surface area contributed by atoms with Gasteiger partial charge in [0.25, 0.3) is 0 Å². The van der Waals surface area contributed by atoms with Crippen LogP contribution in [0.1, 0.15) is 32.8 Å². The predicted molar refractivity (Wildman–Crippen MR) is 123 cm³/mol. The summed E-state index contributed by atoms with van der Waals surface area (Å²) < 4.78 is 16.5. The minimum absolute atomic E-state index is 0.0779. The van der Waals surface area contributed by atoms with Gasteiger partial charge in [-0.15, -0.1) is 0 Å². The molecule has 2 heterocycles. The lowest BCUT2D eigenvalue weighted by Gasteiger charge is -2.21. The normalized spacial score (nSPS) is 13.7. The zero-order valence-corrected chi connectivity index (χ0v) is 19.0. The number of hydrogen-bond donors (Lipinski definition) is 3. The Morgan fingerprint density at radius 2 is 1.94 bits per heavy atom. The number of guanidine groups is 1. The maximum Gasteiger partial charge on any atom is 0.239 e. The Hall–Kier alpha value is -3.49. The number of benzene rings is 1. The van der Waals surface area contributed by atoms with Gasteiger partial charge in [0.2, 0.25) is 11.8 Å². The molecule has 3 N–H and O–H groups in total. The lowest BCUT2D eigenvalue weighted by molar-refractivity contribution is -0.121. The zero-order chi connectivity index (χ0) is 23.0. The fraction of sp³-hybridized carbons (Fsp3) is 0.435. The van der Waals surface area contributed by atoms with E-state index in [9.17, 15) is 4.79 Å². The van der Waals surface area contributed by atoms with Crippen molar-refractivity contribution < 1.29 is 19.0 Å². The van der Waals surface area contributed by atoms with Gasteiger partial charge in [-0.2, -0.15) is 0 Å². The van der Waals surface area contributed by atoms with Crippen LogP contribution in [0.3, 0.4) is 0 Å². The summed E-state index contributed by atoms with van der Waals surface area (Å²) in [5.41, 5.74) is 1.36. The van der Waals surface area contributed by atoms with Crippen LogP contribution in [0.4, 0.5) is 5.69 Å². The highest BCUT2D eigenvalue weighted by Gasteiger charge is 2.15. The van der Waals surface area contributed by atoms with Gasteiger partial charge in [0.15, 0.2) is 17.5 Å². The van der Waals surface area contributed by atoms with Gasteiger partial charge in [-0.25, -0.2) is 9.98 Å². The molecule has 32 heavy (non-hydrogen) atoms. The van der Waals surface area contributed by atoms with Gasteiger partial charge in [0.05, 0.1) is 33.4 Å². The number of aliphatic imine (C=N–C) groups is 1. The van der Waals surface area contributed by atoms with Crippen molar-refractivity contribution in [3.63, 3.8) is 0 Å². The molecule has 2 aromatic rings. The van der Waals surface area contributed by atoms with E-state index in [0.29, 0.717) is 43.1 Å². The Balaban J connectivity index is 1.73. The van der Waals surface area contributed by atoms with Crippen LogP contribution in [-0.4, -0.2) is 49.3 Å². The highest BCUT2D eigenvalue weighted by Crippen LogP contribution is 2.32. The van der Waals surface area contributed by atoms with E-state index in [4.69, 9.17) is 14.2 Å². The number of aromatic nitrogens is 1. The molecule has 0 saturated heterocycles. The van der Waals surface area contributed by atoms with Crippen LogP contribution in [0.25, 0.3) is 0 Å². The van der Waals surface area contributed by atoms with Crippen molar-refractivity contribution in [3.8, 4) is 17.4 Å². The molecule has 0 atom stereocenters. The molecule has 0 radical (unpaired) electrons. The number of carbonyl (C=O) groups is 1. The molecule has 0 saturated carbocycles. The number of nitrogens with one attached hydrogen (secondary N) is 3. The number of ether oxygens (including phenoxy) is 3. The number of fused-ring (bicyclic) bond motifs is 1. The summed E-state index contributed by atoms with van der Waals surface area (Å²) in [6.45, 7) is 7.50. The number of rotatable bonds is 6. The molecule has 3 rings (SSSR count). The third-order valence-corrected chi connectivity index (χ3v) is 4.37. The molecule has 172 valence electrons. The smallest absolute Gasteiger partial charge is 0.239 e. The van der Waals surface area contributed by atoms with E-state index in [1.807, 2.05) is 45.0 Å². The second-order valence-electron chi connectivity index (χ2n) is 8.36. The quantitative estimate of drug-likeness (QED) is 0.467. The fourth-order valence-corrected chi connectivity index (χ4v) is 2.94. The third-order valence-electron chi connectivity index (χ3n) is 4.37. The molecule has 9 heteroatoms. The highest BCUT2D eigenvalue weighted by molar-refractivity contribution is 5.96. The molecule has 1 aliphatic heterocycles. The van der Waals surface area contributed by atoms with Gasteiger partial charge in [-0.1, -0.05) is 6.07 Å². The summed E-state index contributed by atoms with van der Waals surface area (Å²) in [5.74, 6) is 2.27. The van der Waals surface area contributed by atoms with E-state index in [2.05, 4.69) is 25.9 Å². The van der Waals surface area contributed by atoms with Crippen LogP contribution in [0.15, 0.2) is 41.5 Å². The van der Waals surface area contributed by atoms with E-state index >= 15 is 0 Å². The Bertz CT molecular complexity index is 938. The molecule has 1 aromatic heterocycles. The minimum atomic E-state index is -0.313. The van der Waals surface area contributed by atoms with E-state index in [1.165, 1.54) is 0 Å². The van der Waals surface area contributed by atoms with Crippen molar-refractivity contribution in [2.45, 2.75) is 39.3 Å². The molecule has 1 amide bonds. The van der Waals surface area contributed by atoms with Gasteiger partial charge in [-0.05, 0) is 38.5 Å². The summed E-state index contributed by atoms with van der Waals surface area (Å²) in [4.78, 5) is 21.1. The molecule has 0 spiro atoms. The van der Waals surface area contributed by atoms with Crippen LogP contribution in [0.5, 0.6) is 17.4 Å². The van der Waals surface area contributed by atoms with Gasteiger partial charge in [0, 0.05) is 36.0 Å². The first kappa shape index (κ1) is 23.2. The number of pyridine rings is 1. The number of anilines is 1. The minimum Gasteiger partial charge on any atom is -0.490 e. The first-order valence-electron chi connectivity index (χ1n) is 10.6. The standard InChI is InChI=1S/C23H31N5O4/c1-23(2,3)28-20(29)15-26-22(25-14-16-6-9-21(30-4)24-13-16)27-17-7-8-18-19(12-17)32-11-5-10-31-18/h6-9,12-13H,5,10-11,14-15H2,1-4H3,(H,28,29)(H2,25,26,27). The van der Waals surface area contributed by atoms with Gasteiger partial charge in [-0.3, -0.25) is 4.79 Å². The van der Waals surface area contributed by atoms with Gasteiger partial charge < -0.3 is 30.2 Å². The highest BCUT2D eigenvalue weighted by atomic mass is 16.5. The molecule has 1 aliphatic rings. The van der Waals surface area contributed by atoms with Crippen LogP contribution >= 0.6 is 0 Å². The first-order chi connectivity index (χ1) is 15.3. The summed E-state index contributed by atoms with van der Waals surface area (Å²) in [7, 11) is 1.57. The van der Waals surface area contributed by atoms with E-state index in [-0.39, 0.29) is 18.0 Å². The van der Waals surface area contributed by atoms with Crippen molar-refractivity contribution in [2.75, 3.05) is 32.2 Å². The predicted octanol–water partition coefficient (Wildman–Crippen LogP) is 2.72. The number of nitrogens with zero attached hydrogens (tertiary/aromatic N) is 2. The summed E-state index contributed by atoms with van der Waals surface area (Å²) in [6, 6.07) is 9.29. The summed E-state index contributed by atoms with van der Waals surface area (Å²) >= 11 is 0. The van der Waals surface area contributed by atoms with Crippen LogP contribution in [-0.2, 0) is 11.3 Å². The molecular formula is C23H31N5O4. The largest absolute Gasteiger partial charge is 0.490 e. The Kier molecular flexibility index (Phi) is 7.75. The second-order valence-corrected chi connectivity index (χ2v) is 8.36. The lowest BCUT2D eigenvalue weighted by Crippen LogP contribution is -2.46.